The summed E-state index contributed by atoms with van der Waals surface area (Å²) in [6.45, 7) is 0.0946. The lowest BCUT2D eigenvalue weighted by Crippen LogP contribution is -1.69. The first-order valence-electron chi connectivity index (χ1n) is 2.16. The van der Waals surface area contributed by atoms with Crippen LogP contribution < -0.4 is 0 Å². The normalized spacial score (nSPS) is 9.75. The maximum Gasteiger partial charge on any atom is 0.0774 e. The van der Waals surface area contributed by atoms with Crippen LogP contribution in [0.5, 0.6) is 0 Å². The molecule has 0 unspecified atom stereocenters. The molecule has 1 aromatic heterocycles. The molecule has 3 heteroatoms. The lowest BCUT2D eigenvalue weighted by molar-refractivity contribution is 0.285. The average Bonchev–Trinajstić information content (AvgIpc) is 2.14. The standard InChI is InChI=1S/C5H5ClOS/c6-4-1-5(2-7)8-3-4/h1,3,7H,2H2. The number of hydrogen-bond acceptors (Lipinski definition) is 2. The molecular formula is C5H5ClOS. The smallest absolute Gasteiger partial charge is 0.0774 e. The summed E-state index contributed by atoms with van der Waals surface area (Å²) in [5.41, 5.74) is 0. The zero-order valence-electron chi connectivity index (χ0n) is 4.10. The third kappa shape index (κ3) is 1.22. The van der Waals surface area contributed by atoms with Crippen LogP contribution in [0.15, 0.2) is 11.4 Å². The van der Waals surface area contributed by atoms with Crippen LogP contribution in [0.2, 0.25) is 5.02 Å². The summed E-state index contributed by atoms with van der Waals surface area (Å²) in [7, 11) is 0. The van der Waals surface area contributed by atoms with Crippen molar-refractivity contribution in [2.24, 2.45) is 0 Å². The maximum atomic E-state index is 8.50. The van der Waals surface area contributed by atoms with Gasteiger partial charge in [-0.3, -0.25) is 0 Å². The van der Waals surface area contributed by atoms with Gasteiger partial charge in [-0.1, -0.05) is 11.6 Å². The first kappa shape index (κ1) is 6.08. The fraction of sp³-hybridized carbons (Fsp3) is 0.200. The summed E-state index contributed by atoms with van der Waals surface area (Å²) in [6.07, 6.45) is 0. The van der Waals surface area contributed by atoms with Gasteiger partial charge in [0.15, 0.2) is 0 Å². The number of rotatable bonds is 1. The Morgan fingerprint density at radius 2 is 2.50 bits per heavy atom. The van der Waals surface area contributed by atoms with Crippen molar-refractivity contribution in [3.05, 3.63) is 21.3 Å². The topological polar surface area (TPSA) is 20.2 Å². The zero-order chi connectivity index (χ0) is 5.98. The van der Waals surface area contributed by atoms with Crippen LogP contribution in [-0.2, 0) is 6.61 Å². The van der Waals surface area contributed by atoms with Gasteiger partial charge in [-0.05, 0) is 6.07 Å². The quantitative estimate of drug-likeness (QED) is 0.645. The molecule has 1 rings (SSSR count). The molecule has 0 aliphatic rings. The van der Waals surface area contributed by atoms with Crippen molar-refractivity contribution in [3.63, 3.8) is 0 Å². The minimum absolute atomic E-state index is 0.0946. The summed E-state index contributed by atoms with van der Waals surface area (Å²) in [4.78, 5) is 0.912. The van der Waals surface area contributed by atoms with Gasteiger partial charge in [0.2, 0.25) is 0 Å². The third-order valence-electron chi connectivity index (χ3n) is 0.778. The molecule has 0 saturated carbocycles. The highest BCUT2D eigenvalue weighted by molar-refractivity contribution is 7.10. The van der Waals surface area contributed by atoms with Crippen molar-refractivity contribution in [2.45, 2.75) is 6.61 Å². The number of aliphatic hydroxyl groups is 1. The predicted octanol–water partition coefficient (Wildman–Crippen LogP) is 1.89. The summed E-state index contributed by atoms with van der Waals surface area (Å²) in [6, 6.07) is 1.76. The zero-order valence-corrected chi connectivity index (χ0v) is 5.67. The van der Waals surface area contributed by atoms with Crippen molar-refractivity contribution >= 4 is 22.9 Å². The Morgan fingerprint density at radius 3 is 2.75 bits per heavy atom. The highest BCUT2D eigenvalue weighted by Crippen LogP contribution is 2.18. The number of thiophene rings is 1. The molecule has 1 N–H and O–H groups in total. The fourth-order valence-corrected chi connectivity index (χ4v) is 1.37. The molecule has 0 fully saturated rings. The molecule has 0 aromatic carbocycles. The Kier molecular flexibility index (Phi) is 1.89. The fourth-order valence-electron chi connectivity index (χ4n) is 0.437. The Morgan fingerprint density at radius 1 is 1.75 bits per heavy atom. The second-order valence-electron chi connectivity index (χ2n) is 1.39. The van der Waals surface area contributed by atoms with Crippen LogP contribution in [0.3, 0.4) is 0 Å². The summed E-state index contributed by atoms with van der Waals surface area (Å²) in [5.74, 6) is 0. The Bertz CT molecular complexity index is 173. The van der Waals surface area contributed by atoms with Gasteiger partial charge >= 0.3 is 0 Å². The largest absolute Gasteiger partial charge is 0.391 e. The summed E-state index contributed by atoms with van der Waals surface area (Å²) < 4.78 is 0. The Hall–Kier alpha value is -0.0500. The molecule has 1 nitrogen and oxygen atoms in total. The van der Waals surface area contributed by atoms with E-state index in [0.717, 1.165) is 4.88 Å². The van der Waals surface area contributed by atoms with E-state index in [0.29, 0.717) is 5.02 Å². The Labute approximate surface area is 56.5 Å². The number of halogens is 1. The van der Waals surface area contributed by atoms with E-state index in [-0.39, 0.29) is 6.61 Å². The van der Waals surface area contributed by atoms with Gasteiger partial charge in [0, 0.05) is 10.3 Å². The van der Waals surface area contributed by atoms with Gasteiger partial charge < -0.3 is 5.11 Å². The van der Waals surface area contributed by atoms with E-state index in [9.17, 15) is 0 Å². The molecular weight excluding hydrogens is 144 g/mol. The molecule has 0 spiro atoms. The van der Waals surface area contributed by atoms with Crippen LogP contribution in [0.1, 0.15) is 4.88 Å². The van der Waals surface area contributed by atoms with Crippen LogP contribution in [-0.4, -0.2) is 5.11 Å². The van der Waals surface area contributed by atoms with Crippen molar-refractivity contribution in [1.82, 2.24) is 0 Å². The minimum atomic E-state index is 0.0946. The van der Waals surface area contributed by atoms with Gasteiger partial charge in [0.25, 0.3) is 0 Å². The van der Waals surface area contributed by atoms with Crippen LogP contribution in [0.25, 0.3) is 0 Å². The monoisotopic (exact) mass is 148 g/mol. The summed E-state index contributed by atoms with van der Waals surface area (Å²) >= 11 is 7.01. The molecule has 0 atom stereocenters. The summed E-state index contributed by atoms with van der Waals surface area (Å²) in [5, 5.41) is 11.0. The lowest BCUT2D eigenvalue weighted by Gasteiger charge is -1.79. The predicted molar refractivity (Wildman–Crippen MR) is 35.3 cm³/mol. The van der Waals surface area contributed by atoms with Gasteiger partial charge in [-0.25, -0.2) is 0 Å². The van der Waals surface area contributed by atoms with E-state index in [1.165, 1.54) is 11.3 Å². The third-order valence-corrected chi connectivity index (χ3v) is 2.05. The van der Waals surface area contributed by atoms with Gasteiger partial charge in [-0.15, -0.1) is 11.3 Å². The van der Waals surface area contributed by atoms with Crippen molar-refractivity contribution in [1.29, 1.82) is 0 Å². The van der Waals surface area contributed by atoms with E-state index in [1.54, 1.807) is 11.4 Å². The molecule has 0 aliphatic carbocycles. The van der Waals surface area contributed by atoms with Crippen molar-refractivity contribution in [2.75, 3.05) is 0 Å². The van der Waals surface area contributed by atoms with Gasteiger partial charge in [0.1, 0.15) is 0 Å². The van der Waals surface area contributed by atoms with E-state index < -0.39 is 0 Å². The molecule has 0 radical (unpaired) electrons. The molecule has 0 bridgehead atoms. The second kappa shape index (κ2) is 2.49. The molecule has 0 saturated heterocycles. The molecule has 8 heavy (non-hydrogen) atoms. The average molecular weight is 149 g/mol. The Balaban J connectivity index is 2.84. The van der Waals surface area contributed by atoms with Crippen molar-refractivity contribution < 1.29 is 5.11 Å². The lowest BCUT2D eigenvalue weighted by atomic mass is 10.5. The van der Waals surface area contributed by atoms with E-state index in [1.807, 2.05) is 0 Å². The highest BCUT2D eigenvalue weighted by Gasteiger charge is 1.92. The van der Waals surface area contributed by atoms with E-state index in [4.69, 9.17) is 16.7 Å². The van der Waals surface area contributed by atoms with Crippen LogP contribution in [0, 0.1) is 0 Å². The maximum absolute atomic E-state index is 8.50. The van der Waals surface area contributed by atoms with Crippen molar-refractivity contribution in [3.8, 4) is 0 Å². The number of hydrogen-bond donors (Lipinski definition) is 1. The molecule has 1 aromatic rings. The van der Waals surface area contributed by atoms with E-state index >= 15 is 0 Å². The second-order valence-corrected chi connectivity index (χ2v) is 2.82. The first-order chi connectivity index (χ1) is 3.83. The number of aliphatic hydroxyl groups excluding tert-OH is 1. The van der Waals surface area contributed by atoms with E-state index in [2.05, 4.69) is 0 Å². The van der Waals surface area contributed by atoms with Gasteiger partial charge in [0.05, 0.1) is 11.6 Å². The SMILES string of the molecule is OCc1cc(Cl)cs1. The first-order valence-corrected chi connectivity index (χ1v) is 3.42. The molecule has 0 amide bonds. The van der Waals surface area contributed by atoms with Crippen LogP contribution >= 0.6 is 22.9 Å². The minimum Gasteiger partial charge on any atom is -0.391 e. The molecule has 1 heterocycles. The van der Waals surface area contributed by atoms with Crippen LogP contribution in [0.4, 0.5) is 0 Å². The molecule has 0 aliphatic heterocycles. The highest BCUT2D eigenvalue weighted by atomic mass is 35.5. The van der Waals surface area contributed by atoms with Gasteiger partial charge in [-0.2, -0.15) is 0 Å². The molecule has 44 valence electrons.